The van der Waals surface area contributed by atoms with Gasteiger partial charge in [-0.25, -0.2) is 0 Å². The summed E-state index contributed by atoms with van der Waals surface area (Å²) in [5.74, 6) is -0.111. The van der Waals surface area contributed by atoms with Gasteiger partial charge >= 0.3 is 0 Å². The van der Waals surface area contributed by atoms with Crippen molar-refractivity contribution in [3.63, 3.8) is 0 Å². The molecule has 2 rings (SSSR count). The maximum absolute atomic E-state index is 11.2. The highest BCUT2D eigenvalue weighted by Crippen LogP contribution is 2.20. The SMILES string of the molecule is CC(C)c1c[nH]c(=S)n1-c1cccc(C(N)=O)c1. The fourth-order valence-corrected chi connectivity index (χ4v) is 2.14. The fourth-order valence-electron chi connectivity index (χ4n) is 1.87. The van der Waals surface area contributed by atoms with E-state index in [0.717, 1.165) is 11.4 Å². The molecule has 3 N–H and O–H groups in total. The van der Waals surface area contributed by atoms with Crippen molar-refractivity contribution in [2.75, 3.05) is 0 Å². The minimum Gasteiger partial charge on any atom is -0.366 e. The summed E-state index contributed by atoms with van der Waals surface area (Å²) in [6.45, 7) is 4.18. The summed E-state index contributed by atoms with van der Waals surface area (Å²) < 4.78 is 2.53. The smallest absolute Gasteiger partial charge is 0.248 e. The highest BCUT2D eigenvalue weighted by Gasteiger charge is 2.11. The van der Waals surface area contributed by atoms with Crippen LogP contribution in [0.15, 0.2) is 30.5 Å². The fraction of sp³-hybridized carbons (Fsp3) is 0.231. The van der Waals surface area contributed by atoms with Gasteiger partial charge in [0.05, 0.1) is 0 Å². The number of carbonyl (C=O) groups excluding carboxylic acids is 1. The van der Waals surface area contributed by atoms with Crippen molar-refractivity contribution >= 4 is 18.1 Å². The molecule has 1 aromatic carbocycles. The summed E-state index contributed by atoms with van der Waals surface area (Å²) in [6.07, 6.45) is 1.89. The van der Waals surface area contributed by atoms with E-state index in [1.165, 1.54) is 0 Å². The molecular weight excluding hydrogens is 246 g/mol. The van der Waals surface area contributed by atoms with Crippen molar-refractivity contribution in [3.05, 3.63) is 46.5 Å². The molecule has 1 aromatic heterocycles. The van der Waals surface area contributed by atoms with Crippen LogP contribution in [-0.4, -0.2) is 15.5 Å². The Bertz CT molecular complexity index is 640. The third kappa shape index (κ3) is 2.22. The van der Waals surface area contributed by atoms with Gasteiger partial charge in [-0.3, -0.25) is 9.36 Å². The normalized spacial score (nSPS) is 10.8. The Morgan fingerprint density at radius 3 is 2.78 bits per heavy atom. The Morgan fingerprint density at radius 1 is 1.44 bits per heavy atom. The molecule has 0 aliphatic heterocycles. The molecule has 1 amide bonds. The summed E-state index contributed by atoms with van der Waals surface area (Å²) in [4.78, 5) is 14.2. The van der Waals surface area contributed by atoms with Crippen molar-refractivity contribution in [2.45, 2.75) is 19.8 Å². The highest BCUT2D eigenvalue weighted by atomic mass is 32.1. The molecule has 0 saturated heterocycles. The molecule has 0 bridgehead atoms. The average molecular weight is 261 g/mol. The lowest BCUT2D eigenvalue weighted by Crippen LogP contribution is -2.11. The number of nitrogens with two attached hydrogens (primary N) is 1. The lowest BCUT2D eigenvalue weighted by molar-refractivity contribution is 0.100. The van der Waals surface area contributed by atoms with E-state index in [2.05, 4.69) is 18.8 Å². The van der Waals surface area contributed by atoms with Crippen LogP contribution in [0, 0.1) is 4.77 Å². The molecule has 0 fully saturated rings. The first-order chi connectivity index (χ1) is 8.50. The molecule has 94 valence electrons. The van der Waals surface area contributed by atoms with E-state index in [4.69, 9.17) is 18.0 Å². The lowest BCUT2D eigenvalue weighted by atomic mass is 10.1. The van der Waals surface area contributed by atoms with Gasteiger partial charge < -0.3 is 10.7 Å². The number of aromatic nitrogens is 2. The summed E-state index contributed by atoms with van der Waals surface area (Å²) >= 11 is 5.27. The minimum atomic E-state index is -0.440. The van der Waals surface area contributed by atoms with E-state index >= 15 is 0 Å². The number of primary amides is 1. The van der Waals surface area contributed by atoms with Crippen LogP contribution in [0.25, 0.3) is 5.69 Å². The summed E-state index contributed by atoms with van der Waals surface area (Å²) in [6, 6.07) is 7.14. The van der Waals surface area contributed by atoms with Crippen molar-refractivity contribution in [2.24, 2.45) is 5.73 Å². The van der Waals surface area contributed by atoms with Gasteiger partial charge in [0, 0.05) is 23.1 Å². The van der Waals surface area contributed by atoms with E-state index in [1.54, 1.807) is 18.2 Å². The number of aromatic amines is 1. The number of benzene rings is 1. The molecule has 0 saturated carbocycles. The number of amides is 1. The maximum atomic E-state index is 11.2. The van der Waals surface area contributed by atoms with Crippen molar-refractivity contribution in [1.82, 2.24) is 9.55 Å². The Balaban J connectivity index is 2.62. The van der Waals surface area contributed by atoms with Crippen LogP contribution in [0.1, 0.15) is 35.8 Å². The van der Waals surface area contributed by atoms with E-state index in [1.807, 2.05) is 16.8 Å². The van der Waals surface area contributed by atoms with Gasteiger partial charge in [-0.15, -0.1) is 0 Å². The number of nitrogens with one attached hydrogen (secondary N) is 1. The van der Waals surface area contributed by atoms with Crippen LogP contribution in [-0.2, 0) is 0 Å². The molecule has 0 unspecified atom stereocenters. The molecule has 0 aliphatic carbocycles. The van der Waals surface area contributed by atoms with Gasteiger partial charge in [-0.2, -0.15) is 0 Å². The van der Waals surface area contributed by atoms with E-state index in [9.17, 15) is 4.79 Å². The van der Waals surface area contributed by atoms with Crippen LogP contribution in [0.4, 0.5) is 0 Å². The lowest BCUT2D eigenvalue weighted by Gasteiger charge is -2.11. The molecule has 5 heteroatoms. The third-order valence-corrected chi connectivity index (χ3v) is 3.09. The second-order valence-corrected chi connectivity index (χ2v) is 4.81. The van der Waals surface area contributed by atoms with E-state index in [0.29, 0.717) is 16.3 Å². The van der Waals surface area contributed by atoms with Gasteiger partial charge in [0.25, 0.3) is 0 Å². The van der Waals surface area contributed by atoms with Crippen molar-refractivity contribution in [3.8, 4) is 5.69 Å². The Labute approximate surface area is 110 Å². The topological polar surface area (TPSA) is 63.8 Å². The van der Waals surface area contributed by atoms with Crippen LogP contribution in [0.2, 0.25) is 0 Å². The van der Waals surface area contributed by atoms with E-state index in [-0.39, 0.29) is 0 Å². The molecule has 0 radical (unpaired) electrons. The third-order valence-electron chi connectivity index (χ3n) is 2.79. The molecule has 1 heterocycles. The first kappa shape index (κ1) is 12.6. The number of H-pyrrole nitrogens is 1. The van der Waals surface area contributed by atoms with Gasteiger partial charge in [-0.1, -0.05) is 19.9 Å². The maximum Gasteiger partial charge on any atom is 0.248 e. The monoisotopic (exact) mass is 261 g/mol. The zero-order valence-electron chi connectivity index (χ0n) is 10.3. The second kappa shape index (κ2) is 4.78. The average Bonchev–Trinajstić information content (AvgIpc) is 2.71. The predicted molar refractivity (Wildman–Crippen MR) is 73.6 cm³/mol. The quantitative estimate of drug-likeness (QED) is 0.834. The number of rotatable bonds is 3. The van der Waals surface area contributed by atoms with E-state index < -0.39 is 5.91 Å². The van der Waals surface area contributed by atoms with Gasteiger partial charge in [0.2, 0.25) is 5.91 Å². The zero-order chi connectivity index (χ0) is 13.3. The second-order valence-electron chi connectivity index (χ2n) is 4.42. The number of nitrogens with zero attached hydrogens (tertiary/aromatic N) is 1. The minimum absolute atomic E-state index is 0.329. The van der Waals surface area contributed by atoms with Gasteiger partial charge in [0.1, 0.15) is 0 Å². The summed E-state index contributed by atoms with van der Waals surface area (Å²) in [5, 5.41) is 0. The Hall–Kier alpha value is -1.88. The first-order valence-electron chi connectivity index (χ1n) is 5.71. The largest absolute Gasteiger partial charge is 0.366 e. The summed E-state index contributed by atoms with van der Waals surface area (Å²) in [7, 11) is 0. The van der Waals surface area contributed by atoms with Crippen LogP contribution in [0.5, 0.6) is 0 Å². The number of hydrogen-bond donors (Lipinski definition) is 2. The van der Waals surface area contributed by atoms with Crippen molar-refractivity contribution in [1.29, 1.82) is 0 Å². The molecular formula is C13H15N3OS. The molecule has 0 aliphatic rings. The van der Waals surface area contributed by atoms with Crippen LogP contribution < -0.4 is 5.73 Å². The number of carbonyl (C=O) groups is 1. The molecule has 0 atom stereocenters. The number of imidazole rings is 1. The zero-order valence-corrected chi connectivity index (χ0v) is 11.1. The Morgan fingerprint density at radius 2 is 2.17 bits per heavy atom. The van der Waals surface area contributed by atoms with Gasteiger partial charge in [-0.05, 0) is 36.3 Å². The number of hydrogen-bond acceptors (Lipinski definition) is 2. The molecule has 4 nitrogen and oxygen atoms in total. The standard InChI is InChI=1S/C13H15N3OS/c1-8(2)11-7-15-13(18)16(11)10-5-3-4-9(6-10)12(14)17/h3-8H,1-2H3,(H2,14,17)(H,15,18). The Kier molecular flexibility index (Phi) is 3.34. The first-order valence-corrected chi connectivity index (χ1v) is 6.12. The van der Waals surface area contributed by atoms with Gasteiger partial charge in [0.15, 0.2) is 4.77 Å². The van der Waals surface area contributed by atoms with Crippen LogP contribution in [0.3, 0.4) is 0 Å². The van der Waals surface area contributed by atoms with Crippen molar-refractivity contribution < 1.29 is 4.79 Å². The molecule has 18 heavy (non-hydrogen) atoms. The molecule has 2 aromatic rings. The highest BCUT2D eigenvalue weighted by molar-refractivity contribution is 7.71. The van der Waals surface area contributed by atoms with Crippen LogP contribution >= 0.6 is 12.2 Å². The molecule has 0 spiro atoms. The predicted octanol–water partition coefficient (Wildman–Crippen LogP) is 2.76. The summed E-state index contributed by atoms with van der Waals surface area (Å²) in [5.41, 5.74) is 7.69.